The highest BCUT2D eigenvalue weighted by atomic mass is 16.1. The maximum Gasteiger partial charge on any atom is 0.137 e. The lowest BCUT2D eigenvalue weighted by molar-refractivity contribution is -0.118. The van der Waals surface area contributed by atoms with Crippen LogP contribution in [0.25, 0.3) is 0 Å². The summed E-state index contributed by atoms with van der Waals surface area (Å²) >= 11 is 0. The standard InChI is InChI=1S/C11H12O/c1-8-2-3-10-7-11(12)5-4-9(10)6-8/h2-3,6H,4-5,7H2,1H3. The van der Waals surface area contributed by atoms with Crippen molar-refractivity contribution < 1.29 is 4.79 Å². The first-order valence-electron chi connectivity index (χ1n) is 4.36. The third-order valence-electron chi connectivity index (χ3n) is 2.42. The van der Waals surface area contributed by atoms with Gasteiger partial charge < -0.3 is 0 Å². The zero-order valence-corrected chi connectivity index (χ0v) is 7.26. The molecule has 0 N–H and O–H groups in total. The molecular formula is C11H12O. The number of benzene rings is 1. The van der Waals surface area contributed by atoms with Crippen LogP contribution in [0.15, 0.2) is 18.2 Å². The molecule has 0 aliphatic heterocycles. The molecule has 62 valence electrons. The molecule has 0 atom stereocenters. The normalized spacial score (nSPS) is 15.9. The second kappa shape index (κ2) is 2.74. The van der Waals surface area contributed by atoms with Gasteiger partial charge in [0.1, 0.15) is 5.78 Å². The average molecular weight is 160 g/mol. The summed E-state index contributed by atoms with van der Waals surface area (Å²) < 4.78 is 0. The molecule has 0 radical (unpaired) electrons. The summed E-state index contributed by atoms with van der Waals surface area (Å²) in [7, 11) is 0. The number of hydrogen-bond acceptors (Lipinski definition) is 1. The number of fused-ring (bicyclic) bond motifs is 1. The number of carbonyl (C=O) groups is 1. The number of ketones is 1. The van der Waals surface area contributed by atoms with Crippen LogP contribution in [0.4, 0.5) is 0 Å². The molecule has 0 aromatic heterocycles. The third kappa shape index (κ3) is 1.27. The van der Waals surface area contributed by atoms with Crippen LogP contribution in [-0.4, -0.2) is 5.78 Å². The molecule has 1 nitrogen and oxygen atoms in total. The van der Waals surface area contributed by atoms with Gasteiger partial charge in [-0.2, -0.15) is 0 Å². The summed E-state index contributed by atoms with van der Waals surface area (Å²) in [5, 5.41) is 0. The molecule has 12 heavy (non-hydrogen) atoms. The fourth-order valence-electron chi connectivity index (χ4n) is 1.73. The third-order valence-corrected chi connectivity index (χ3v) is 2.42. The lowest BCUT2D eigenvalue weighted by atomic mass is 9.90. The highest BCUT2D eigenvalue weighted by Gasteiger charge is 2.14. The maximum absolute atomic E-state index is 11.1. The Morgan fingerprint density at radius 3 is 2.83 bits per heavy atom. The molecule has 1 aliphatic rings. The van der Waals surface area contributed by atoms with Crippen molar-refractivity contribution in [3.8, 4) is 0 Å². The molecule has 1 aliphatic carbocycles. The first-order chi connectivity index (χ1) is 5.75. The Kier molecular flexibility index (Phi) is 1.72. The van der Waals surface area contributed by atoms with Gasteiger partial charge in [-0.05, 0) is 24.5 Å². The Morgan fingerprint density at radius 1 is 1.17 bits per heavy atom. The van der Waals surface area contributed by atoms with Gasteiger partial charge in [0.25, 0.3) is 0 Å². The van der Waals surface area contributed by atoms with Gasteiger partial charge in [0, 0.05) is 12.8 Å². The van der Waals surface area contributed by atoms with E-state index >= 15 is 0 Å². The van der Waals surface area contributed by atoms with Gasteiger partial charge in [-0.15, -0.1) is 0 Å². The lowest BCUT2D eigenvalue weighted by Gasteiger charge is -2.14. The van der Waals surface area contributed by atoms with Crippen LogP contribution in [0.1, 0.15) is 23.1 Å². The molecule has 0 fully saturated rings. The second-order valence-electron chi connectivity index (χ2n) is 3.49. The van der Waals surface area contributed by atoms with Crippen molar-refractivity contribution in [2.45, 2.75) is 26.2 Å². The summed E-state index contributed by atoms with van der Waals surface area (Å²) in [6, 6.07) is 6.36. The SMILES string of the molecule is Cc1ccc2c(c1)CCC(=O)C2. The van der Waals surface area contributed by atoms with Crippen LogP contribution in [0.5, 0.6) is 0 Å². The quantitative estimate of drug-likeness (QED) is 0.567. The Labute approximate surface area is 72.4 Å². The molecule has 1 heteroatoms. The fourth-order valence-corrected chi connectivity index (χ4v) is 1.73. The molecule has 1 aromatic carbocycles. The summed E-state index contributed by atoms with van der Waals surface area (Å²) in [6.45, 7) is 2.09. The Bertz CT molecular complexity index is 326. The monoisotopic (exact) mass is 160 g/mol. The molecule has 2 rings (SSSR count). The van der Waals surface area contributed by atoms with Gasteiger partial charge in [0.05, 0.1) is 0 Å². The zero-order chi connectivity index (χ0) is 8.55. The van der Waals surface area contributed by atoms with Crippen LogP contribution in [0.3, 0.4) is 0 Å². The molecular weight excluding hydrogens is 148 g/mol. The van der Waals surface area contributed by atoms with Crippen LogP contribution < -0.4 is 0 Å². The van der Waals surface area contributed by atoms with Crippen molar-refractivity contribution in [3.05, 3.63) is 34.9 Å². The average Bonchev–Trinajstić information content (AvgIpc) is 2.05. The van der Waals surface area contributed by atoms with Gasteiger partial charge >= 0.3 is 0 Å². The number of carbonyl (C=O) groups excluding carboxylic acids is 1. The molecule has 0 spiro atoms. The minimum absolute atomic E-state index is 0.381. The van der Waals surface area contributed by atoms with Crippen molar-refractivity contribution in [1.29, 1.82) is 0 Å². The molecule has 0 unspecified atom stereocenters. The number of Topliss-reactive ketones (excluding diaryl/α,β-unsaturated/α-hetero) is 1. The van der Waals surface area contributed by atoms with Crippen molar-refractivity contribution >= 4 is 5.78 Å². The minimum Gasteiger partial charge on any atom is -0.299 e. The molecule has 0 amide bonds. The van der Waals surface area contributed by atoms with Crippen molar-refractivity contribution in [3.63, 3.8) is 0 Å². The first kappa shape index (κ1) is 7.53. The summed E-state index contributed by atoms with van der Waals surface area (Å²) in [5.74, 6) is 0.381. The zero-order valence-electron chi connectivity index (χ0n) is 7.26. The van der Waals surface area contributed by atoms with Crippen LogP contribution in [0.2, 0.25) is 0 Å². The van der Waals surface area contributed by atoms with Crippen molar-refractivity contribution in [1.82, 2.24) is 0 Å². The summed E-state index contributed by atoms with van der Waals surface area (Å²) in [5.41, 5.74) is 3.90. The van der Waals surface area contributed by atoms with E-state index in [4.69, 9.17) is 0 Å². The van der Waals surface area contributed by atoms with E-state index in [0.29, 0.717) is 12.2 Å². The highest BCUT2D eigenvalue weighted by Crippen LogP contribution is 2.19. The second-order valence-corrected chi connectivity index (χ2v) is 3.49. The first-order valence-corrected chi connectivity index (χ1v) is 4.36. The van der Waals surface area contributed by atoms with E-state index < -0.39 is 0 Å². The van der Waals surface area contributed by atoms with E-state index in [1.807, 2.05) is 0 Å². The van der Waals surface area contributed by atoms with Gasteiger partial charge in [-0.25, -0.2) is 0 Å². The van der Waals surface area contributed by atoms with E-state index in [-0.39, 0.29) is 0 Å². The van der Waals surface area contributed by atoms with Gasteiger partial charge in [-0.1, -0.05) is 23.8 Å². The van der Waals surface area contributed by atoms with Crippen LogP contribution >= 0.6 is 0 Å². The predicted molar refractivity (Wildman–Crippen MR) is 48.2 cm³/mol. The number of hydrogen-bond donors (Lipinski definition) is 0. The molecule has 0 saturated heterocycles. The summed E-state index contributed by atoms with van der Waals surface area (Å²) in [4.78, 5) is 11.1. The van der Waals surface area contributed by atoms with Crippen LogP contribution in [0, 0.1) is 6.92 Å². The molecule has 0 bridgehead atoms. The maximum atomic E-state index is 11.1. The van der Waals surface area contributed by atoms with E-state index in [1.165, 1.54) is 16.7 Å². The fraction of sp³-hybridized carbons (Fsp3) is 0.364. The van der Waals surface area contributed by atoms with Gasteiger partial charge in [0.15, 0.2) is 0 Å². The van der Waals surface area contributed by atoms with E-state index in [9.17, 15) is 4.79 Å². The van der Waals surface area contributed by atoms with E-state index in [2.05, 4.69) is 25.1 Å². The minimum atomic E-state index is 0.381. The Balaban J connectivity index is 2.43. The van der Waals surface area contributed by atoms with E-state index in [0.717, 1.165) is 12.8 Å². The Morgan fingerprint density at radius 2 is 2.00 bits per heavy atom. The van der Waals surface area contributed by atoms with Crippen LogP contribution in [-0.2, 0) is 17.6 Å². The van der Waals surface area contributed by atoms with Gasteiger partial charge in [0.2, 0.25) is 0 Å². The molecule has 1 aromatic rings. The van der Waals surface area contributed by atoms with Crippen molar-refractivity contribution in [2.75, 3.05) is 0 Å². The molecule has 0 heterocycles. The summed E-state index contributed by atoms with van der Waals surface area (Å²) in [6.07, 6.45) is 2.32. The number of rotatable bonds is 0. The van der Waals surface area contributed by atoms with Gasteiger partial charge in [-0.3, -0.25) is 4.79 Å². The predicted octanol–water partition coefficient (Wildman–Crippen LogP) is 2.05. The Hall–Kier alpha value is -1.11. The smallest absolute Gasteiger partial charge is 0.137 e. The van der Waals surface area contributed by atoms with Crippen molar-refractivity contribution in [2.24, 2.45) is 0 Å². The largest absolute Gasteiger partial charge is 0.299 e. The highest BCUT2D eigenvalue weighted by molar-refractivity contribution is 5.83. The molecule has 0 saturated carbocycles. The topological polar surface area (TPSA) is 17.1 Å². The van der Waals surface area contributed by atoms with E-state index in [1.54, 1.807) is 0 Å². The number of aryl methyl sites for hydroxylation is 2. The lowest BCUT2D eigenvalue weighted by Crippen LogP contribution is -2.12.